The molecular formula is C16H28O4. The number of methoxy groups -OCH3 is 1. The molecule has 4 heteroatoms. The van der Waals surface area contributed by atoms with Gasteiger partial charge in [-0.2, -0.15) is 0 Å². The number of aliphatic carboxylic acids is 1. The number of allylic oxidation sites excluding steroid dienone is 2. The summed E-state index contributed by atoms with van der Waals surface area (Å²) in [4.78, 5) is 10.3. The number of aliphatic hydroxyl groups excluding tert-OH is 1. The second-order valence-electron chi connectivity index (χ2n) is 5.25. The van der Waals surface area contributed by atoms with Crippen molar-refractivity contribution in [2.24, 2.45) is 11.8 Å². The van der Waals surface area contributed by atoms with Crippen LogP contribution in [0.4, 0.5) is 0 Å². The first-order valence-electron chi connectivity index (χ1n) is 7.21. The van der Waals surface area contributed by atoms with Crippen molar-refractivity contribution >= 4 is 5.97 Å². The minimum absolute atomic E-state index is 0.0367. The highest BCUT2D eigenvalue weighted by Crippen LogP contribution is 2.23. The first kappa shape index (κ1) is 18.9. The van der Waals surface area contributed by atoms with Crippen LogP contribution in [0.2, 0.25) is 0 Å². The van der Waals surface area contributed by atoms with Crippen LogP contribution in [-0.2, 0) is 9.53 Å². The summed E-state index contributed by atoms with van der Waals surface area (Å²) >= 11 is 0. The molecule has 0 amide bonds. The van der Waals surface area contributed by atoms with Crippen molar-refractivity contribution in [3.63, 3.8) is 0 Å². The van der Waals surface area contributed by atoms with Crippen molar-refractivity contribution in [1.82, 2.24) is 0 Å². The van der Waals surface area contributed by atoms with Gasteiger partial charge in [-0.3, -0.25) is 0 Å². The molecule has 0 heterocycles. The zero-order chi connectivity index (χ0) is 15.5. The molecule has 0 radical (unpaired) electrons. The molecule has 0 rings (SSSR count). The number of ether oxygens (including phenoxy) is 1. The van der Waals surface area contributed by atoms with Crippen LogP contribution in [0.5, 0.6) is 0 Å². The largest absolute Gasteiger partial charge is 0.478 e. The first-order chi connectivity index (χ1) is 9.43. The molecule has 0 aliphatic heterocycles. The van der Waals surface area contributed by atoms with Crippen molar-refractivity contribution in [3.05, 3.63) is 24.3 Å². The summed E-state index contributed by atoms with van der Waals surface area (Å²) < 4.78 is 5.44. The van der Waals surface area contributed by atoms with E-state index in [0.717, 1.165) is 18.9 Å². The molecule has 0 aliphatic rings. The van der Waals surface area contributed by atoms with E-state index < -0.39 is 5.97 Å². The van der Waals surface area contributed by atoms with Crippen LogP contribution in [0.1, 0.15) is 40.0 Å². The summed E-state index contributed by atoms with van der Waals surface area (Å²) in [6, 6.07) is 0. The number of hydrogen-bond acceptors (Lipinski definition) is 3. The van der Waals surface area contributed by atoms with Crippen molar-refractivity contribution in [2.45, 2.75) is 52.2 Å². The van der Waals surface area contributed by atoms with Crippen LogP contribution in [0.3, 0.4) is 0 Å². The van der Waals surface area contributed by atoms with Gasteiger partial charge in [-0.1, -0.05) is 45.4 Å². The van der Waals surface area contributed by atoms with Crippen molar-refractivity contribution in [1.29, 1.82) is 0 Å². The van der Waals surface area contributed by atoms with Crippen molar-refractivity contribution in [2.75, 3.05) is 7.11 Å². The van der Waals surface area contributed by atoms with Gasteiger partial charge < -0.3 is 14.9 Å². The van der Waals surface area contributed by atoms with Gasteiger partial charge in [0.15, 0.2) is 0 Å². The molecular weight excluding hydrogens is 256 g/mol. The van der Waals surface area contributed by atoms with E-state index in [2.05, 4.69) is 13.8 Å². The molecule has 0 aromatic heterocycles. The molecule has 0 saturated carbocycles. The van der Waals surface area contributed by atoms with Gasteiger partial charge in [-0.15, -0.1) is 0 Å². The van der Waals surface area contributed by atoms with Gasteiger partial charge in [0.25, 0.3) is 0 Å². The summed E-state index contributed by atoms with van der Waals surface area (Å²) in [5, 5.41) is 18.8. The summed E-state index contributed by atoms with van der Waals surface area (Å²) in [5.74, 6) is -0.673. The quantitative estimate of drug-likeness (QED) is 0.478. The van der Waals surface area contributed by atoms with E-state index in [-0.39, 0.29) is 24.0 Å². The Balaban J connectivity index is 4.40. The predicted octanol–water partition coefficient (Wildman–Crippen LogP) is 3.02. The predicted molar refractivity (Wildman–Crippen MR) is 80.6 cm³/mol. The Morgan fingerprint density at radius 3 is 2.45 bits per heavy atom. The fourth-order valence-electron chi connectivity index (χ4n) is 2.32. The van der Waals surface area contributed by atoms with E-state index >= 15 is 0 Å². The second kappa shape index (κ2) is 10.6. The molecule has 0 spiro atoms. The maximum Gasteiger partial charge on any atom is 0.328 e. The molecule has 0 aromatic carbocycles. The van der Waals surface area contributed by atoms with Crippen LogP contribution in [-0.4, -0.2) is 35.5 Å². The molecule has 20 heavy (non-hydrogen) atoms. The minimum atomic E-state index is -0.963. The van der Waals surface area contributed by atoms with Gasteiger partial charge in [0.05, 0.1) is 12.2 Å². The van der Waals surface area contributed by atoms with Crippen LogP contribution in [0.15, 0.2) is 24.3 Å². The lowest BCUT2D eigenvalue weighted by Crippen LogP contribution is -2.35. The smallest absolute Gasteiger partial charge is 0.328 e. The number of rotatable bonds is 10. The molecule has 0 fully saturated rings. The summed E-state index contributed by atoms with van der Waals surface area (Å²) in [6.07, 6.45) is 8.37. The summed E-state index contributed by atoms with van der Waals surface area (Å²) in [7, 11) is 1.64. The number of carbonyl (C=O) groups is 1. The molecule has 0 saturated heterocycles. The number of hydrogen-bond donors (Lipinski definition) is 2. The maximum atomic E-state index is 10.3. The second-order valence-corrected chi connectivity index (χ2v) is 5.25. The summed E-state index contributed by atoms with van der Waals surface area (Å²) in [5.41, 5.74) is 0. The van der Waals surface area contributed by atoms with Gasteiger partial charge >= 0.3 is 5.97 Å². The third-order valence-corrected chi connectivity index (χ3v) is 3.61. The SMILES string of the molecule is CCCC(C)C(O)C(C)C(CC=CC=CC(=O)O)OC. The van der Waals surface area contributed by atoms with Gasteiger partial charge in [-0.05, 0) is 18.8 Å². The fourth-order valence-corrected chi connectivity index (χ4v) is 2.32. The average Bonchev–Trinajstić information content (AvgIpc) is 2.41. The van der Waals surface area contributed by atoms with Crippen LogP contribution in [0.25, 0.3) is 0 Å². The van der Waals surface area contributed by atoms with Gasteiger partial charge in [0.2, 0.25) is 0 Å². The van der Waals surface area contributed by atoms with Crippen molar-refractivity contribution < 1.29 is 19.7 Å². The zero-order valence-electron chi connectivity index (χ0n) is 13.0. The molecule has 116 valence electrons. The Kier molecular flexibility index (Phi) is 10.0. The highest BCUT2D eigenvalue weighted by Gasteiger charge is 2.27. The Hall–Kier alpha value is -1.13. The maximum absolute atomic E-state index is 10.3. The van der Waals surface area contributed by atoms with E-state index in [9.17, 15) is 9.90 Å². The molecule has 4 atom stereocenters. The normalized spacial score (nSPS) is 18.2. The Morgan fingerprint density at radius 2 is 1.95 bits per heavy atom. The van der Waals surface area contributed by atoms with E-state index in [4.69, 9.17) is 9.84 Å². The van der Waals surface area contributed by atoms with Crippen LogP contribution < -0.4 is 0 Å². The van der Waals surface area contributed by atoms with Gasteiger partial charge in [0.1, 0.15) is 0 Å². The van der Waals surface area contributed by atoms with Crippen LogP contribution in [0, 0.1) is 11.8 Å². The molecule has 0 aromatic rings. The molecule has 0 aliphatic carbocycles. The molecule has 4 unspecified atom stereocenters. The highest BCUT2D eigenvalue weighted by atomic mass is 16.5. The molecule has 0 bridgehead atoms. The lowest BCUT2D eigenvalue weighted by Gasteiger charge is -2.30. The molecule has 4 nitrogen and oxygen atoms in total. The monoisotopic (exact) mass is 284 g/mol. The van der Waals surface area contributed by atoms with Crippen LogP contribution >= 0.6 is 0 Å². The van der Waals surface area contributed by atoms with Gasteiger partial charge in [0, 0.05) is 19.1 Å². The average molecular weight is 284 g/mol. The zero-order valence-corrected chi connectivity index (χ0v) is 13.0. The molecule has 2 N–H and O–H groups in total. The van der Waals surface area contributed by atoms with E-state index in [1.54, 1.807) is 13.2 Å². The fraction of sp³-hybridized carbons (Fsp3) is 0.688. The van der Waals surface area contributed by atoms with E-state index in [1.807, 2.05) is 13.0 Å². The lowest BCUT2D eigenvalue weighted by molar-refractivity contribution is -0.131. The number of aliphatic hydroxyl groups is 1. The third-order valence-electron chi connectivity index (χ3n) is 3.61. The first-order valence-corrected chi connectivity index (χ1v) is 7.21. The topological polar surface area (TPSA) is 66.8 Å². The standard InChI is InChI=1S/C16H28O4/c1-5-9-12(2)16(19)13(3)14(20-4)10-7-6-8-11-15(17)18/h6-8,11-14,16,19H,5,9-10H2,1-4H3,(H,17,18). The number of carboxylic acids is 1. The van der Waals surface area contributed by atoms with Gasteiger partial charge in [-0.25, -0.2) is 4.79 Å². The Labute approximate surface area is 122 Å². The summed E-state index contributed by atoms with van der Waals surface area (Å²) in [6.45, 7) is 6.16. The Morgan fingerprint density at radius 1 is 1.30 bits per heavy atom. The number of carboxylic acid groups (broad SMARTS) is 1. The van der Waals surface area contributed by atoms with E-state index in [0.29, 0.717) is 6.42 Å². The lowest BCUT2D eigenvalue weighted by atomic mass is 9.86. The Bertz CT molecular complexity index is 322. The highest BCUT2D eigenvalue weighted by molar-refractivity contribution is 5.80. The third kappa shape index (κ3) is 7.46. The van der Waals surface area contributed by atoms with Crippen molar-refractivity contribution in [3.8, 4) is 0 Å². The minimum Gasteiger partial charge on any atom is -0.478 e. The van der Waals surface area contributed by atoms with E-state index in [1.165, 1.54) is 6.08 Å².